The second-order valence-electron chi connectivity index (χ2n) is 6.52. The number of methoxy groups -OCH3 is 1. The molecule has 0 aliphatic heterocycles. The van der Waals surface area contributed by atoms with Crippen molar-refractivity contribution in [2.24, 2.45) is 7.05 Å². The van der Waals surface area contributed by atoms with Gasteiger partial charge in [-0.05, 0) is 32.0 Å². The number of hydrogen-bond donors (Lipinski definition) is 0. The fraction of sp³-hybridized carbons (Fsp3) is 0.300. The maximum Gasteiger partial charge on any atom is 0.339 e. The number of carbonyl (C=O) groups excluding carboxylic acids is 2. The number of halogens is 1. The molecule has 3 aromatic rings. The van der Waals surface area contributed by atoms with Gasteiger partial charge < -0.3 is 9.47 Å². The summed E-state index contributed by atoms with van der Waals surface area (Å²) in [5, 5.41) is 8.40. The Morgan fingerprint density at radius 1 is 1.27 bits per heavy atom. The topological polar surface area (TPSA) is 109 Å². The summed E-state index contributed by atoms with van der Waals surface area (Å²) in [7, 11) is 2.98. The predicted octanol–water partition coefficient (Wildman–Crippen LogP) is 2.87. The summed E-state index contributed by atoms with van der Waals surface area (Å²) < 4.78 is 11.7. The van der Waals surface area contributed by atoms with Crippen LogP contribution in [0.4, 0.5) is 0 Å². The van der Waals surface area contributed by atoms with E-state index in [1.807, 2.05) is 0 Å². The van der Waals surface area contributed by atoms with Gasteiger partial charge in [0.15, 0.2) is 0 Å². The van der Waals surface area contributed by atoms with Gasteiger partial charge in [-0.15, -0.1) is 5.10 Å². The Labute approximate surface area is 178 Å². The van der Waals surface area contributed by atoms with E-state index in [-0.39, 0.29) is 11.6 Å². The third-order valence-electron chi connectivity index (χ3n) is 4.52. The third-order valence-corrected chi connectivity index (χ3v) is 4.84. The molecule has 0 aliphatic rings. The zero-order valence-electron chi connectivity index (χ0n) is 16.9. The molecule has 0 amide bonds. The first kappa shape index (κ1) is 21.4. The Morgan fingerprint density at radius 2 is 2.03 bits per heavy atom. The van der Waals surface area contributed by atoms with Crippen LogP contribution in [0.15, 0.2) is 30.5 Å². The summed E-state index contributed by atoms with van der Waals surface area (Å²) in [5.74, 6) is -0.950. The van der Waals surface area contributed by atoms with E-state index in [0.29, 0.717) is 33.9 Å². The van der Waals surface area contributed by atoms with E-state index >= 15 is 0 Å². The average Bonchev–Trinajstić information content (AvgIpc) is 3.07. The van der Waals surface area contributed by atoms with Crippen molar-refractivity contribution in [3.8, 4) is 11.4 Å². The Hall–Kier alpha value is -3.33. The lowest BCUT2D eigenvalue weighted by atomic mass is 10.1. The molecule has 3 aromatic heterocycles. The van der Waals surface area contributed by atoms with E-state index in [2.05, 4.69) is 20.3 Å². The van der Waals surface area contributed by atoms with E-state index in [4.69, 9.17) is 21.1 Å². The summed E-state index contributed by atoms with van der Waals surface area (Å²) in [6, 6.07) is 6.71. The number of aromatic nitrogens is 5. The summed E-state index contributed by atoms with van der Waals surface area (Å²) in [5.41, 5.74) is 2.90. The number of aryl methyl sites for hydroxylation is 2. The van der Waals surface area contributed by atoms with Gasteiger partial charge in [0.1, 0.15) is 17.0 Å². The molecule has 156 valence electrons. The van der Waals surface area contributed by atoms with Crippen LogP contribution >= 0.6 is 11.6 Å². The standard InChI is InChI=1S/C20H20ClN5O4/c1-11-13(20(28)29-4)7-8-15(23-11)18-16(26(3)25-24-18)10-17(27)30-12(2)14-6-5-9-22-19(14)21/h5-9,12H,10H2,1-4H3/t12-/m1/s1. The normalized spacial score (nSPS) is 11.8. The van der Waals surface area contributed by atoms with Crippen molar-refractivity contribution >= 4 is 23.5 Å². The summed E-state index contributed by atoms with van der Waals surface area (Å²) in [6.07, 6.45) is 0.928. The largest absolute Gasteiger partial charge is 0.465 e. The van der Waals surface area contributed by atoms with Crippen molar-refractivity contribution in [3.63, 3.8) is 0 Å². The lowest BCUT2D eigenvalue weighted by Gasteiger charge is -2.14. The maximum absolute atomic E-state index is 12.6. The molecule has 9 nitrogen and oxygen atoms in total. The zero-order valence-corrected chi connectivity index (χ0v) is 17.7. The second-order valence-corrected chi connectivity index (χ2v) is 6.88. The maximum atomic E-state index is 12.6. The Kier molecular flexibility index (Phi) is 6.41. The molecule has 0 unspecified atom stereocenters. The number of carbonyl (C=O) groups is 2. The summed E-state index contributed by atoms with van der Waals surface area (Å²) >= 11 is 6.07. The molecule has 0 fully saturated rings. The van der Waals surface area contributed by atoms with E-state index in [9.17, 15) is 9.59 Å². The zero-order chi connectivity index (χ0) is 21.8. The fourth-order valence-electron chi connectivity index (χ4n) is 2.93. The number of rotatable bonds is 6. The van der Waals surface area contributed by atoms with Crippen molar-refractivity contribution in [1.82, 2.24) is 25.0 Å². The molecular weight excluding hydrogens is 410 g/mol. The highest BCUT2D eigenvalue weighted by Crippen LogP contribution is 2.25. The minimum Gasteiger partial charge on any atom is -0.465 e. The van der Waals surface area contributed by atoms with Crippen molar-refractivity contribution in [3.05, 3.63) is 58.1 Å². The molecule has 30 heavy (non-hydrogen) atoms. The quantitative estimate of drug-likeness (QED) is 0.434. The van der Waals surface area contributed by atoms with Gasteiger partial charge in [0.25, 0.3) is 0 Å². The molecule has 3 heterocycles. The SMILES string of the molecule is COC(=O)c1ccc(-c2nnn(C)c2CC(=O)O[C@H](C)c2cccnc2Cl)nc1C. The van der Waals surface area contributed by atoms with Crippen molar-refractivity contribution < 1.29 is 19.1 Å². The van der Waals surface area contributed by atoms with E-state index in [1.54, 1.807) is 51.4 Å². The number of pyridine rings is 2. The van der Waals surface area contributed by atoms with Crippen LogP contribution in [0, 0.1) is 6.92 Å². The summed E-state index contributed by atoms with van der Waals surface area (Å²) in [6.45, 7) is 3.42. The van der Waals surface area contributed by atoms with Crippen molar-refractivity contribution in [1.29, 1.82) is 0 Å². The minimum atomic E-state index is -0.567. The molecular formula is C20H20ClN5O4. The molecule has 0 saturated heterocycles. The van der Waals surface area contributed by atoms with Gasteiger partial charge in [-0.3, -0.25) is 14.5 Å². The molecule has 0 spiro atoms. The van der Waals surface area contributed by atoms with Gasteiger partial charge in [0, 0.05) is 18.8 Å². The smallest absolute Gasteiger partial charge is 0.339 e. The van der Waals surface area contributed by atoms with E-state index < -0.39 is 18.0 Å². The van der Waals surface area contributed by atoms with E-state index in [1.165, 1.54) is 11.8 Å². The van der Waals surface area contributed by atoms with Crippen LogP contribution in [0.25, 0.3) is 11.4 Å². The Balaban J connectivity index is 1.81. The first-order valence-electron chi connectivity index (χ1n) is 9.06. The van der Waals surface area contributed by atoms with Gasteiger partial charge in [0.2, 0.25) is 0 Å². The molecule has 0 radical (unpaired) electrons. The van der Waals surface area contributed by atoms with Crippen LogP contribution in [0.3, 0.4) is 0 Å². The first-order chi connectivity index (χ1) is 14.3. The van der Waals surface area contributed by atoms with E-state index in [0.717, 1.165) is 0 Å². The van der Waals surface area contributed by atoms with Crippen LogP contribution < -0.4 is 0 Å². The molecule has 3 rings (SSSR count). The van der Waals surface area contributed by atoms with Crippen LogP contribution in [0.1, 0.15) is 40.3 Å². The van der Waals surface area contributed by atoms with Crippen LogP contribution in [0.5, 0.6) is 0 Å². The molecule has 1 atom stereocenters. The van der Waals surface area contributed by atoms with Crippen LogP contribution in [-0.2, 0) is 27.7 Å². The highest BCUT2D eigenvalue weighted by Gasteiger charge is 2.22. The van der Waals surface area contributed by atoms with Gasteiger partial charge in [-0.1, -0.05) is 22.9 Å². The predicted molar refractivity (Wildman–Crippen MR) is 108 cm³/mol. The molecule has 10 heteroatoms. The monoisotopic (exact) mass is 429 g/mol. The highest BCUT2D eigenvalue weighted by atomic mass is 35.5. The highest BCUT2D eigenvalue weighted by molar-refractivity contribution is 6.30. The molecule has 0 saturated carbocycles. The van der Waals surface area contributed by atoms with Crippen molar-refractivity contribution in [2.75, 3.05) is 7.11 Å². The molecule has 0 N–H and O–H groups in total. The fourth-order valence-corrected chi connectivity index (χ4v) is 3.21. The number of esters is 2. The first-order valence-corrected chi connectivity index (χ1v) is 9.44. The number of ether oxygens (including phenoxy) is 2. The molecule has 0 aliphatic carbocycles. The second kappa shape index (κ2) is 9.00. The Morgan fingerprint density at radius 3 is 2.70 bits per heavy atom. The van der Waals surface area contributed by atoms with Crippen molar-refractivity contribution in [2.45, 2.75) is 26.4 Å². The van der Waals surface area contributed by atoms with Gasteiger partial charge in [-0.2, -0.15) is 0 Å². The van der Waals surface area contributed by atoms with Crippen LogP contribution in [0.2, 0.25) is 5.15 Å². The van der Waals surface area contributed by atoms with Gasteiger partial charge in [-0.25, -0.2) is 9.78 Å². The molecule has 0 bridgehead atoms. The third kappa shape index (κ3) is 4.46. The lowest BCUT2D eigenvalue weighted by molar-refractivity contribution is -0.147. The van der Waals surface area contributed by atoms with Gasteiger partial charge in [0.05, 0.1) is 36.2 Å². The lowest BCUT2D eigenvalue weighted by Crippen LogP contribution is -2.15. The average molecular weight is 430 g/mol. The number of hydrogen-bond acceptors (Lipinski definition) is 8. The molecule has 0 aromatic carbocycles. The number of nitrogens with zero attached hydrogens (tertiary/aromatic N) is 5. The summed E-state index contributed by atoms with van der Waals surface area (Å²) in [4.78, 5) is 32.7. The Bertz CT molecular complexity index is 1100. The minimum absolute atomic E-state index is 0.0689. The van der Waals surface area contributed by atoms with Gasteiger partial charge >= 0.3 is 11.9 Å². The van der Waals surface area contributed by atoms with Crippen LogP contribution in [-0.4, -0.2) is 44.0 Å².